The maximum Gasteiger partial charge on any atom is 0.192 e. The number of hydrogen-bond acceptors (Lipinski definition) is 5. The van der Waals surface area contributed by atoms with Gasteiger partial charge in [0.2, 0.25) is 0 Å². The minimum Gasteiger partial charge on any atom is -0.326 e. The minimum atomic E-state index is -2.65. The smallest absolute Gasteiger partial charge is 0.192 e. The highest BCUT2D eigenvalue weighted by Gasteiger charge is 2.63. The van der Waals surface area contributed by atoms with Crippen molar-refractivity contribution in [1.82, 2.24) is 14.5 Å². The van der Waals surface area contributed by atoms with Crippen LogP contribution in [0.15, 0.2) is 52.8 Å². The average molecular weight is 511 g/mol. The van der Waals surface area contributed by atoms with Gasteiger partial charge in [0.25, 0.3) is 0 Å². The molecule has 4 unspecified atom stereocenters. The van der Waals surface area contributed by atoms with Crippen LogP contribution in [0.4, 0.5) is 5.82 Å². The molecule has 2 fully saturated rings. The predicted octanol–water partition coefficient (Wildman–Crippen LogP) is 6.43. The van der Waals surface area contributed by atoms with Gasteiger partial charge >= 0.3 is 0 Å². The summed E-state index contributed by atoms with van der Waals surface area (Å²) in [6, 6.07) is 14.4. The molecule has 3 aliphatic rings. The van der Waals surface area contributed by atoms with Gasteiger partial charge in [0.1, 0.15) is 0 Å². The highest BCUT2D eigenvalue weighted by molar-refractivity contribution is 8.15. The molecule has 5 nitrogen and oxygen atoms in total. The molecule has 8 heteroatoms. The van der Waals surface area contributed by atoms with Crippen LogP contribution >= 0.6 is 17.8 Å². The average Bonchev–Trinajstić information content (AvgIpc) is 3.54. The van der Waals surface area contributed by atoms with Gasteiger partial charge in [-0.2, -0.15) is 5.10 Å². The van der Waals surface area contributed by atoms with Gasteiger partial charge in [-0.1, -0.05) is 45.0 Å². The topological polar surface area (TPSA) is 42.6 Å². The lowest BCUT2D eigenvalue weighted by Gasteiger charge is -2.44. The zero-order valence-corrected chi connectivity index (χ0v) is 22.9. The molecular weight excluding hydrogens is 479 g/mol. The van der Waals surface area contributed by atoms with Gasteiger partial charge in [-0.25, -0.2) is 9.67 Å². The lowest BCUT2D eigenvalue weighted by atomic mass is 9.70. The van der Waals surface area contributed by atoms with E-state index in [1.165, 1.54) is 12.8 Å². The molecule has 6 rings (SSSR count). The van der Waals surface area contributed by atoms with E-state index in [1.54, 1.807) is 11.3 Å². The molecule has 3 aromatic rings. The lowest BCUT2D eigenvalue weighted by molar-refractivity contribution is 0.0357. The Bertz CT molecular complexity index is 1330. The SMILES string of the molecule is Cc1nn(-c2ccccc2)c2c1P(=S)(OC1CC3CCC1(C)C3(C)C)N(C)C(c1cccs1)=N2. The normalized spacial score (nSPS) is 31.6. The number of aliphatic imine (C=N–C) groups is 1. The summed E-state index contributed by atoms with van der Waals surface area (Å²) in [7, 11) is 2.07. The summed E-state index contributed by atoms with van der Waals surface area (Å²) in [5.74, 6) is 2.40. The summed E-state index contributed by atoms with van der Waals surface area (Å²) in [4.78, 5) is 6.27. The van der Waals surface area contributed by atoms with Crippen LogP contribution in [0, 0.1) is 23.7 Å². The van der Waals surface area contributed by atoms with Crippen molar-refractivity contribution < 1.29 is 4.52 Å². The fourth-order valence-corrected chi connectivity index (χ4v) is 10.8. The van der Waals surface area contributed by atoms with Crippen molar-refractivity contribution in [2.75, 3.05) is 7.05 Å². The number of aromatic nitrogens is 2. The van der Waals surface area contributed by atoms with E-state index in [-0.39, 0.29) is 16.9 Å². The van der Waals surface area contributed by atoms with E-state index in [0.29, 0.717) is 5.92 Å². The molecule has 2 saturated carbocycles. The van der Waals surface area contributed by atoms with E-state index in [1.807, 2.05) is 22.9 Å². The Morgan fingerprint density at radius 1 is 1.15 bits per heavy atom. The molecule has 0 N–H and O–H groups in total. The fraction of sp³-hybridized carbons (Fsp3) is 0.462. The molecule has 4 atom stereocenters. The van der Waals surface area contributed by atoms with Crippen LogP contribution in [0.3, 0.4) is 0 Å². The fourth-order valence-electron chi connectivity index (χ4n) is 6.34. The number of para-hydroxylation sites is 1. The Hall–Kier alpha value is -1.79. The minimum absolute atomic E-state index is 0.130. The summed E-state index contributed by atoms with van der Waals surface area (Å²) in [6.07, 6.45) is 1.08. The predicted molar refractivity (Wildman–Crippen MR) is 145 cm³/mol. The van der Waals surface area contributed by atoms with Crippen LogP contribution in [0.2, 0.25) is 0 Å². The van der Waals surface area contributed by atoms with Gasteiger partial charge in [0, 0.05) is 7.05 Å². The third kappa shape index (κ3) is 2.97. The van der Waals surface area contributed by atoms with E-state index in [2.05, 4.69) is 69.1 Å². The number of aryl methyl sites for hydroxylation is 1. The Morgan fingerprint density at radius 3 is 2.53 bits per heavy atom. The Balaban J connectivity index is 1.52. The maximum absolute atomic E-state index is 7.23. The Labute approximate surface area is 211 Å². The molecule has 1 aromatic carbocycles. The molecule has 0 spiro atoms. The lowest BCUT2D eigenvalue weighted by Crippen LogP contribution is -2.41. The number of benzene rings is 1. The zero-order chi connectivity index (χ0) is 23.9. The first-order valence-corrected chi connectivity index (χ1v) is 15.5. The number of amidine groups is 1. The summed E-state index contributed by atoms with van der Waals surface area (Å²) in [5.41, 5.74) is 2.29. The van der Waals surface area contributed by atoms with E-state index in [0.717, 1.165) is 39.6 Å². The standard InChI is InChI=1S/C26H31N4OPS2/c1-17-22-24(30(28-17)19-10-7-6-8-11-19)27-23(20-12-9-15-34-20)29(5)32(22,33)31-21-16-18-13-14-26(21,4)25(18,2)3/h6-12,15,18,21H,13-14,16H2,1-5H3. The van der Waals surface area contributed by atoms with E-state index >= 15 is 0 Å². The van der Waals surface area contributed by atoms with Crippen LogP contribution in [0.5, 0.6) is 0 Å². The van der Waals surface area contributed by atoms with Crippen molar-refractivity contribution in [2.45, 2.75) is 53.1 Å². The number of nitrogens with zero attached hydrogens (tertiary/aromatic N) is 4. The van der Waals surface area contributed by atoms with Crippen molar-refractivity contribution in [3.8, 4) is 5.69 Å². The monoisotopic (exact) mass is 510 g/mol. The summed E-state index contributed by atoms with van der Waals surface area (Å²) >= 11 is 8.28. The molecule has 34 heavy (non-hydrogen) atoms. The van der Waals surface area contributed by atoms with Crippen molar-refractivity contribution in [3.05, 3.63) is 58.4 Å². The molecule has 0 amide bonds. The van der Waals surface area contributed by atoms with Crippen molar-refractivity contribution in [1.29, 1.82) is 0 Å². The van der Waals surface area contributed by atoms with E-state index < -0.39 is 6.42 Å². The van der Waals surface area contributed by atoms with Gasteiger partial charge in [-0.05, 0) is 78.3 Å². The van der Waals surface area contributed by atoms with Gasteiger partial charge in [-0.15, -0.1) is 11.3 Å². The van der Waals surface area contributed by atoms with Crippen molar-refractivity contribution in [3.63, 3.8) is 0 Å². The molecule has 0 saturated heterocycles. The number of fused-ring (bicyclic) bond motifs is 3. The van der Waals surface area contributed by atoms with Crippen molar-refractivity contribution in [2.24, 2.45) is 21.7 Å². The van der Waals surface area contributed by atoms with Crippen LogP contribution in [-0.4, -0.2) is 33.4 Å². The Morgan fingerprint density at radius 2 is 1.91 bits per heavy atom. The quantitative estimate of drug-likeness (QED) is 0.379. The molecule has 178 valence electrons. The second-order valence-electron chi connectivity index (χ2n) is 10.7. The van der Waals surface area contributed by atoms with Crippen LogP contribution < -0.4 is 5.30 Å². The summed E-state index contributed by atoms with van der Waals surface area (Å²) < 4.78 is 11.3. The van der Waals surface area contributed by atoms with Crippen molar-refractivity contribution >= 4 is 46.5 Å². The van der Waals surface area contributed by atoms with E-state index in [9.17, 15) is 0 Å². The van der Waals surface area contributed by atoms with Crippen LogP contribution in [0.25, 0.3) is 5.69 Å². The summed E-state index contributed by atoms with van der Waals surface area (Å²) in [6.45, 7) is 9.33. The molecule has 0 radical (unpaired) electrons. The molecule has 3 heterocycles. The van der Waals surface area contributed by atoms with Gasteiger partial charge in [-0.3, -0.25) is 0 Å². The first kappa shape index (κ1) is 22.7. The number of rotatable bonds is 4. The third-order valence-electron chi connectivity index (χ3n) is 8.93. The maximum atomic E-state index is 7.23. The highest BCUT2D eigenvalue weighted by Crippen LogP contribution is 2.70. The Kier molecular flexibility index (Phi) is 5.07. The third-order valence-corrected chi connectivity index (χ3v) is 13.9. The first-order chi connectivity index (χ1) is 16.2. The highest BCUT2D eigenvalue weighted by atomic mass is 32.4. The second-order valence-corrected chi connectivity index (χ2v) is 15.4. The van der Waals surface area contributed by atoms with Crippen LogP contribution in [0.1, 0.15) is 50.6 Å². The van der Waals surface area contributed by atoms with Gasteiger partial charge in [0.15, 0.2) is 18.1 Å². The molecule has 1 aliphatic heterocycles. The first-order valence-electron chi connectivity index (χ1n) is 12.0. The summed E-state index contributed by atoms with van der Waals surface area (Å²) in [5, 5.41) is 8.03. The molecular formula is C26H31N4OPS2. The zero-order valence-electron chi connectivity index (χ0n) is 20.4. The second kappa shape index (κ2) is 7.60. The van der Waals surface area contributed by atoms with Crippen LogP contribution in [-0.2, 0) is 16.3 Å². The largest absolute Gasteiger partial charge is 0.326 e. The van der Waals surface area contributed by atoms with E-state index in [4.69, 9.17) is 26.4 Å². The van der Waals surface area contributed by atoms with Gasteiger partial charge in [0.05, 0.1) is 27.7 Å². The molecule has 2 bridgehead atoms. The molecule has 2 aromatic heterocycles. The molecule has 2 aliphatic carbocycles. The number of thiophene rings is 1. The number of hydrogen-bond donors (Lipinski definition) is 0. The van der Waals surface area contributed by atoms with Gasteiger partial charge < -0.3 is 9.19 Å².